The van der Waals surface area contributed by atoms with E-state index in [0.717, 1.165) is 32.0 Å². The summed E-state index contributed by atoms with van der Waals surface area (Å²) in [5.41, 5.74) is 5.53. The molecule has 0 aliphatic heterocycles. The summed E-state index contributed by atoms with van der Waals surface area (Å²) in [6.07, 6.45) is 16.7. The van der Waals surface area contributed by atoms with Gasteiger partial charge in [-0.3, -0.25) is 0 Å². The van der Waals surface area contributed by atoms with E-state index in [1.807, 2.05) is 0 Å². The molecule has 0 saturated carbocycles. The lowest BCUT2D eigenvalue weighted by Gasteiger charge is -2.11. The normalized spacial score (nSPS) is 11.1. The van der Waals surface area contributed by atoms with Gasteiger partial charge in [0.05, 0.1) is 0 Å². The summed E-state index contributed by atoms with van der Waals surface area (Å²) in [4.78, 5) is 10.8. The predicted molar refractivity (Wildman–Crippen MR) is 117 cm³/mol. The maximum absolute atomic E-state index is 10.8. The van der Waals surface area contributed by atoms with Gasteiger partial charge in [-0.1, -0.05) is 80.4 Å². The molecule has 0 aliphatic carbocycles. The lowest BCUT2D eigenvalue weighted by atomic mass is 9.94. The molecule has 0 fully saturated rings. The highest BCUT2D eigenvalue weighted by Crippen LogP contribution is 2.19. The number of aryl methyl sites for hydroxylation is 3. The number of unbranched alkanes of at least 4 members (excludes halogenated alkanes) is 4. The van der Waals surface area contributed by atoms with Gasteiger partial charge in [-0.05, 0) is 67.2 Å². The summed E-state index contributed by atoms with van der Waals surface area (Å²) in [6.45, 7) is 2.23. The Morgan fingerprint density at radius 2 is 1.63 bits per heavy atom. The maximum atomic E-state index is 10.8. The lowest BCUT2D eigenvalue weighted by Crippen LogP contribution is -1.98. The van der Waals surface area contributed by atoms with Crippen molar-refractivity contribution in [3.63, 3.8) is 0 Å². The van der Waals surface area contributed by atoms with Crippen molar-refractivity contribution < 1.29 is 4.79 Å². The zero-order chi connectivity index (χ0) is 19.2. The summed E-state index contributed by atoms with van der Waals surface area (Å²) in [5, 5.41) is 0. The number of hydrogen-bond acceptors (Lipinski definition) is 1. The fourth-order valence-electron chi connectivity index (χ4n) is 3.44. The van der Waals surface area contributed by atoms with Gasteiger partial charge in [0.2, 0.25) is 0 Å². The van der Waals surface area contributed by atoms with E-state index in [9.17, 15) is 4.79 Å². The van der Waals surface area contributed by atoms with E-state index < -0.39 is 0 Å². The van der Waals surface area contributed by atoms with E-state index in [1.165, 1.54) is 54.4 Å². The van der Waals surface area contributed by atoms with Gasteiger partial charge < -0.3 is 4.79 Å². The average Bonchev–Trinajstić information content (AvgIpc) is 2.71. The number of allylic oxidation sites excluding steroid dienone is 1. The molecule has 0 radical (unpaired) electrons. The van der Waals surface area contributed by atoms with Crippen molar-refractivity contribution in [2.75, 3.05) is 0 Å². The van der Waals surface area contributed by atoms with Gasteiger partial charge in [-0.15, -0.1) is 0 Å². The van der Waals surface area contributed by atoms with Crippen molar-refractivity contribution in [2.24, 2.45) is 0 Å². The minimum atomic E-state index is 0.633. The van der Waals surface area contributed by atoms with Crippen LogP contribution >= 0.6 is 0 Å². The quantitative estimate of drug-likeness (QED) is 0.277. The van der Waals surface area contributed by atoms with Gasteiger partial charge >= 0.3 is 0 Å². The molecule has 2 aromatic carbocycles. The second-order valence-electron chi connectivity index (χ2n) is 7.32. The summed E-state index contributed by atoms with van der Waals surface area (Å²) in [6, 6.07) is 17.4. The van der Waals surface area contributed by atoms with Crippen LogP contribution in [0.4, 0.5) is 0 Å². The molecule has 0 atom stereocenters. The number of aldehydes is 1. The van der Waals surface area contributed by atoms with Crippen LogP contribution in [0.3, 0.4) is 0 Å². The fourth-order valence-corrected chi connectivity index (χ4v) is 3.44. The number of hydrogen-bond donors (Lipinski definition) is 0. The Kier molecular flexibility index (Phi) is 10.3. The van der Waals surface area contributed by atoms with Gasteiger partial charge in [0.25, 0.3) is 0 Å². The molecule has 0 heterocycles. The van der Waals surface area contributed by atoms with E-state index >= 15 is 0 Å². The van der Waals surface area contributed by atoms with Crippen LogP contribution in [0, 0.1) is 0 Å². The number of rotatable bonds is 13. The maximum Gasteiger partial charge on any atom is 0.120 e. The van der Waals surface area contributed by atoms with E-state index in [0.29, 0.717) is 6.42 Å². The Bertz CT molecular complexity index is 685. The zero-order valence-electron chi connectivity index (χ0n) is 16.8. The van der Waals surface area contributed by atoms with Crippen LogP contribution < -0.4 is 0 Å². The van der Waals surface area contributed by atoms with Crippen LogP contribution in [-0.2, 0) is 24.1 Å². The molecule has 2 aromatic rings. The smallest absolute Gasteiger partial charge is 0.120 e. The Labute approximate surface area is 165 Å². The molecule has 0 aliphatic rings. The first-order valence-corrected chi connectivity index (χ1v) is 10.6. The molecule has 0 bridgehead atoms. The molecule has 144 valence electrons. The minimum absolute atomic E-state index is 0.633. The number of carbonyl (C=O) groups is 1. The number of benzene rings is 2. The van der Waals surface area contributed by atoms with Crippen LogP contribution in [0.1, 0.15) is 74.1 Å². The second-order valence-corrected chi connectivity index (χ2v) is 7.32. The third-order valence-corrected chi connectivity index (χ3v) is 5.05. The molecule has 0 aromatic heterocycles. The number of carbonyl (C=O) groups excluding carboxylic acids is 1. The molecule has 0 saturated heterocycles. The molecule has 0 spiro atoms. The van der Waals surface area contributed by atoms with Gasteiger partial charge in [0.15, 0.2) is 0 Å². The van der Waals surface area contributed by atoms with Crippen LogP contribution in [0.5, 0.6) is 0 Å². The molecular weight excluding hydrogens is 328 g/mol. The van der Waals surface area contributed by atoms with Crippen LogP contribution in [0.25, 0.3) is 6.08 Å². The Morgan fingerprint density at radius 1 is 0.778 bits per heavy atom. The lowest BCUT2D eigenvalue weighted by molar-refractivity contribution is -0.107. The summed E-state index contributed by atoms with van der Waals surface area (Å²) >= 11 is 0. The van der Waals surface area contributed by atoms with Crippen molar-refractivity contribution in [1.82, 2.24) is 0 Å². The van der Waals surface area contributed by atoms with E-state index in [4.69, 9.17) is 0 Å². The zero-order valence-corrected chi connectivity index (χ0v) is 16.8. The minimum Gasteiger partial charge on any atom is -0.303 e. The van der Waals surface area contributed by atoms with E-state index in [-0.39, 0.29) is 0 Å². The summed E-state index contributed by atoms with van der Waals surface area (Å²) < 4.78 is 0. The van der Waals surface area contributed by atoms with Gasteiger partial charge in [0, 0.05) is 6.42 Å². The third-order valence-electron chi connectivity index (χ3n) is 5.05. The fraction of sp³-hybridized carbons (Fsp3) is 0.423. The summed E-state index contributed by atoms with van der Waals surface area (Å²) in [7, 11) is 0. The highest BCUT2D eigenvalue weighted by molar-refractivity contribution is 5.50. The Balaban J connectivity index is 1.76. The standard InChI is InChI=1S/C26H34O/c1-2-3-13-24-19-20-25(26(22-24)18-12-21-27)17-11-6-4-5-8-14-23-15-9-7-10-16-23/h7-10,14-16,19-22H,2-6,11-13,17-18H2,1H3/b14-8+. The molecule has 0 unspecified atom stereocenters. The first kappa shape index (κ1) is 21.2. The first-order valence-electron chi connectivity index (χ1n) is 10.6. The van der Waals surface area contributed by atoms with Crippen LogP contribution in [0.15, 0.2) is 54.6 Å². The van der Waals surface area contributed by atoms with Gasteiger partial charge in [0.1, 0.15) is 6.29 Å². The Morgan fingerprint density at radius 3 is 2.41 bits per heavy atom. The van der Waals surface area contributed by atoms with Crippen molar-refractivity contribution in [3.05, 3.63) is 76.9 Å². The van der Waals surface area contributed by atoms with Crippen molar-refractivity contribution in [1.29, 1.82) is 0 Å². The first-order chi connectivity index (χ1) is 13.3. The van der Waals surface area contributed by atoms with Crippen molar-refractivity contribution >= 4 is 12.4 Å². The largest absolute Gasteiger partial charge is 0.303 e. The van der Waals surface area contributed by atoms with Crippen molar-refractivity contribution in [3.8, 4) is 0 Å². The second kappa shape index (κ2) is 13.1. The molecule has 1 nitrogen and oxygen atoms in total. The van der Waals surface area contributed by atoms with E-state index in [2.05, 4.69) is 67.6 Å². The van der Waals surface area contributed by atoms with Crippen molar-refractivity contribution in [2.45, 2.75) is 71.1 Å². The molecule has 0 amide bonds. The van der Waals surface area contributed by atoms with Crippen LogP contribution in [0.2, 0.25) is 0 Å². The third kappa shape index (κ3) is 8.39. The van der Waals surface area contributed by atoms with Gasteiger partial charge in [-0.25, -0.2) is 0 Å². The van der Waals surface area contributed by atoms with Crippen LogP contribution in [-0.4, -0.2) is 6.29 Å². The SMILES string of the molecule is CCCCc1ccc(CCCCC/C=C/c2ccccc2)c(CCC=O)c1. The highest BCUT2D eigenvalue weighted by atomic mass is 16.1. The monoisotopic (exact) mass is 362 g/mol. The molecule has 2 rings (SSSR count). The molecular formula is C26H34O. The summed E-state index contributed by atoms with van der Waals surface area (Å²) in [5.74, 6) is 0. The topological polar surface area (TPSA) is 17.1 Å². The average molecular weight is 363 g/mol. The molecule has 27 heavy (non-hydrogen) atoms. The molecule has 0 N–H and O–H groups in total. The molecule has 1 heteroatoms. The van der Waals surface area contributed by atoms with E-state index in [1.54, 1.807) is 0 Å². The van der Waals surface area contributed by atoms with Gasteiger partial charge in [-0.2, -0.15) is 0 Å². The highest BCUT2D eigenvalue weighted by Gasteiger charge is 2.05. The Hall–Kier alpha value is -2.15. The predicted octanol–water partition coefficient (Wildman–Crippen LogP) is 6.98.